The molecule has 2 rings (SSSR count). The fourth-order valence-electron chi connectivity index (χ4n) is 1.57. The topological polar surface area (TPSA) is 96.0 Å². The minimum Gasteiger partial charge on any atom is -0.383 e. The molecule has 0 fully saturated rings. The fourth-order valence-corrected chi connectivity index (χ4v) is 4.00. The first-order valence-electron chi connectivity index (χ1n) is 5.53. The van der Waals surface area contributed by atoms with E-state index in [0.29, 0.717) is 10.6 Å². The van der Waals surface area contributed by atoms with Crippen LogP contribution in [0.5, 0.6) is 0 Å². The average Bonchev–Trinajstić information content (AvgIpc) is 2.86. The van der Waals surface area contributed by atoms with Crippen molar-refractivity contribution in [3.8, 4) is 0 Å². The van der Waals surface area contributed by atoms with Gasteiger partial charge in [0, 0.05) is 4.90 Å². The van der Waals surface area contributed by atoms with E-state index in [9.17, 15) is 8.42 Å². The van der Waals surface area contributed by atoms with Crippen LogP contribution in [-0.2, 0) is 10.0 Å². The Hall–Kier alpha value is -1.51. The Morgan fingerprint density at radius 2 is 2.15 bits per heavy atom. The molecule has 5 nitrogen and oxygen atoms in total. The summed E-state index contributed by atoms with van der Waals surface area (Å²) in [6.45, 7) is 0. The summed E-state index contributed by atoms with van der Waals surface area (Å²) in [4.78, 5) is 1.46. The molecule has 0 saturated carbocycles. The zero-order valence-electron chi connectivity index (χ0n) is 10.6. The SMILES string of the molecule is CSc1cccc(S(=O)(=O)Nc2ccsc2C(=N)N)c1. The number of sulfonamides is 1. The third-order valence-corrected chi connectivity index (χ3v) is 5.54. The zero-order chi connectivity index (χ0) is 14.8. The zero-order valence-corrected chi connectivity index (χ0v) is 13.0. The van der Waals surface area contributed by atoms with E-state index in [1.54, 1.807) is 23.6 Å². The van der Waals surface area contributed by atoms with Crippen LogP contribution in [0, 0.1) is 5.41 Å². The molecular weight excluding hydrogens is 314 g/mol. The summed E-state index contributed by atoms with van der Waals surface area (Å²) < 4.78 is 27.1. The van der Waals surface area contributed by atoms with Gasteiger partial charge in [0.1, 0.15) is 5.84 Å². The smallest absolute Gasteiger partial charge is 0.261 e. The number of nitrogens with one attached hydrogen (secondary N) is 2. The van der Waals surface area contributed by atoms with E-state index in [4.69, 9.17) is 11.1 Å². The molecule has 0 spiro atoms. The van der Waals surface area contributed by atoms with Gasteiger partial charge in [-0.25, -0.2) is 8.42 Å². The average molecular weight is 327 g/mol. The van der Waals surface area contributed by atoms with Crippen molar-refractivity contribution in [3.63, 3.8) is 0 Å². The number of rotatable bonds is 5. The minimum atomic E-state index is -3.68. The van der Waals surface area contributed by atoms with E-state index >= 15 is 0 Å². The van der Waals surface area contributed by atoms with E-state index < -0.39 is 10.0 Å². The van der Waals surface area contributed by atoms with Crippen LogP contribution < -0.4 is 10.5 Å². The fraction of sp³-hybridized carbons (Fsp3) is 0.0833. The van der Waals surface area contributed by atoms with Crippen LogP contribution in [0.2, 0.25) is 0 Å². The summed E-state index contributed by atoms with van der Waals surface area (Å²) in [6, 6.07) is 8.27. The summed E-state index contributed by atoms with van der Waals surface area (Å²) in [5, 5.41) is 9.11. The van der Waals surface area contributed by atoms with Gasteiger partial charge in [-0.2, -0.15) is 0 Å². The Morgan fingerprint density at radius 3 is 2.80 bits per heavy atom. The molecule has 20 heavy (non-hydrogen) atoms. The standard InChI is InChI=1S/C12H13N3O2S3/c1-18-8-3-2-4-9(7-8)20(16,17)15-10-5-6-19-11(10)12(13)14/h2-7,15H,1H3,(H3,13,14). The van der Waals surface area contributed by atoms with E-state index in [1.165, 1.54) is 29.2 Å². The van der Waals surface area contributed by atoms with Gasteiger partial charge in [0.25, 0.3) is 10.0 Å². The van der Waals surface area contributed by atoms with Crippen molar-refractivity contribution in [1.82, 2.24) is 0 Å². The molecule has 0 unspecified atom stereocenters. The highest BCUT2D eigenvalue weighted by Crippen LogP contribution is 2.26. The highest BCUT2D eigenvalue weighted by atomic mass is 32.2. The van der Waals surface area contributed by atoms with Crippen molar-refractivity contribution in [2.45, 2.75) is 9.79 Å². The molecule has 0 atom stereocenters. The Labute approximate surface area is 125 Å². The second-order valence-corrected chi connectivity index (χ2v) is 7.34. The van der Waals surface area contributed by atoms with Crippen molar-refractivity contribution in [2.24, 2.45) is 5.73 Å². The second kappa shape index (κ2) is 5.86. The molecule has 0 aliphatic heterocycles. The van der Waals surface area contributed by atoms with Crippen LogP contribution in [0.1, 0.15) is 4.88 Å². The quantitative estimate of drug-likeness (QED) is 0.447. The highest BCUT2D eigenvalue weighted by molar-refractivity contribution is 7.98. The number of benzene rings is 1. The summed E-state index contributed by atoms with van der Waals surface area (Å²) in [6.07, 6.45) is 1.88. The van der Waals surface area contributed by atoms with Gasteiger partial charge in [-0.15, -0.1) is 23.1 Å². The molecule has 0 radical (unpaired) electrons. The number of nitrogen functional groups attached to an aromatic ring is 1. The monoisotopic (exact) mass is 327 g/mol. The lowest BCUT2D eigenvalue weighted by Crippen LogP contribution is -2.17. The summed E-state index contributed by atoms with van der Waals surface area (Å²) in [5.41, 5.74) is 5.75. The lowest BCUT2D eigenvalue weighted by molar-refractivity contribution is 0.601. The van der Waals surface area contributed by atoms with Gasteiger partial charge in [0.2, 0.25) is 0 Å². The minimum absolute atomic E-state index is 0.157. The maximum Gasteiger partial charge on any atom is 0.261 e. The summed E-state index contributed by atoms with van der Waals surface area (Å²) >= 11 is 2.69. The molecule has 2 aromatic rings. The number of anilines is 1. The van der Waals surface area contributed by atoms with E-state index in [2.05, 4.69) is 4.72 Å². The van der Waals surface area contributed by atoms with Gasteiger partial charge >= 0.3 is 0 Å². The molecule has 1 aromatic heterocycles. The first-order valence-corrected chi connectivity index (χ1v) is 9.11. The van der Waals surface area contributed by atoms with Crippen molar-refractivity contribution < 1.29 is 8.42 Å². The van der Waals surface area contributed by atoms with Crippen molar-refractivity contribution in [2.75, 3.05) is 11.0 Å². The van der Waals surface area contributed by atoms with E-state index in [-0.39, 0.29) is 10.7 Å². The maximum atomic E-state index is 12.3. The van der Waals surface area contributed by atoms with Crippen molar-refractivity contribution in [1.29, 1.82) is 5.41 Å². The van der Waals surface area contributed by atoms with Crippen LogP contribution in [0.4, 0.5) is 5.69 Å². The van der Waals surface area contributed by atoms with Crippen LogP contribution in [-0.4, -0.2) is 20.5 Å². The second-order valence-electron chi connectivity index (χ2n) is 3.86. The van der Waals surface area contributed by atoms with Gasteiger partial charge in [0.05, 0.1) is 15.5 Å². The predicted molar refractivity (Wildman–Crippen MR) is 84.4 cm³/mol. The Balaban J connectivity index is 2.35. The number of amidine groups is 1. The number of hydrogen-bond acceptors (Lipinski definition) is 5. The van der Waals surface area contributed by atoms with Crippen LogP contribution in [0.25, 0.3) is 0 Å². The maximum absolute atomic E-state index is 12.3. The predicted octanol–water partition coefficient (Wildman–Crippen LogP) is 2.55. The van der Waals surface area contributed by atoms with Crippen molar-refractivity contribution >= 4 is 44.6 Å². The molecule has 0 amide bonds. The number of hydrogen-bond donors (Lipinski definition) is 3. The lowest BCUT2D eigenvalue weighted by Gasteiger charge is -2.09. The van der Waals surface area contributed by atoms with Gasteiger partial charge in [-0.3, -0.25) is 10.1 Å². The van der Waals surface area contributed by atoms with Gasteiger partial charge in [-0.1, -0.05) is 6.07 Å². The van der Waals surface area contributed by atoms with E-state index in [1.807, 2.05) is 12.3 Å². The Kier molecular flexibility index (Phi) is 4.36. The van der Waals surface area contributed by atoms with Crippen LogP contribution >= 0.6 is 23.1 Å². The molecule has 0 aliphatic rings. The molecular formula is C12H13N3O2S3. The summed E-state index contributed by atoms with van der Waals surface area (Å²) in [5.74, 6) is -0.157. The first-order chi connectivity index (χ1) is 9.44. The molecule has 1 heterocycles. The third-order valence-electron chi connectivity index (χ3n) is 2.51. The number of thioether (sulfide) groups is 1. The molecule has 4 N–H and O–H groups in total. The molecule has 1 aromatic carbocycles. The molecule has 0 aliphatic carbocycles. The van der Waals surface area contributed by atoms with Gasteiger partial charge in [0.15, 0.2) is 0 Å². The number of thiophene rings is 1. The Bertz CT molecular complexity index is 738. The lowest BCUT2D eigenvalue weighted by atomic mass is 10.4. The normalized spacial score (nSPS) is 11.2. The molecule has 106 valence electrons. The van der Waals surface area contributed by atoms with E-state index in [0.717, 1.165) is 4.90 Å². The van der Waals surface area contributed by atoms with Gasteiger partial charge in [-0.05, 0) is 35.9 Å². The number of nitrogens with two attached hydrogens (primary N) is 1. The molecule has 0 bridgehead atoms. The largest absolute Gasteiger partial charge is 0.383 e. The highest BCUT2D eigenvalue weighted by Gasteiger charge is 2.18. The third kappa shape index (κ3) is 3.14. The van der Waals surface area contributed by atoms with Crippen LogP contribution in [0.15, 0.2) is 45.5 Å². The Morgan fingerprint density at radius 1 is 1.40 bits per heavy atom. The molecule has 0 saturated heterocycles. The summed E-state index contributed by atoms with van der Waals surface area (Å²) in [7, 11) is -3.68. The van der Waals surface area contributed by atoms with Crippen LogP contribution in [0.3, 0.4) is 0 Å². The van der Waals surface area contributed by atoms with Crippen molar-refractivity contribution in [3.05, 3.63) is 40.6 Å². The first kappa shape index (κ1) is 14.9. The van der Waals surface area contributed by atoms with Gasteiger partial charge < -0.3 is 5.73 Å². The molecule has 8 heteroatoms.